The molecule has 18 heavy (non-hydrogen) atoms. The predicted molar refractivity (Wildman–Crippen MR) is 79.5 cm³/mol. The molecule has 0 spiro atoms. The van der Waals surface area contributed by atoms with Gasteiger partial charge in [0.25, 0.3) is 0 Å². The number of hydrogen-bond donors (Lipinski definition) is 1. The first-order valence-corrected chi connectivity index (χ1v) is 7.09. The molecule has 0 aliphatic heterocycles. The summed E-state index contributed by atoms with van der Waals surface area (Å²) < 4.78 is 0. The van der Waals surface area contributed by atoms with Crippen LogP contribution in [-0.4, -0.2) is 7.05 Å². The Kier molecular flexibility index (Phi) is 4.70. The van der Waals surface area contributed by atoms with Crippen molar-refractivity contribution in [3.8, 4) is 0 Å². The lowest BCUT2D eigenvalue weighted by atomic mass is 10.1. The molecule has 1 N–H and O–H groups in total. The summed E-state index contributed by atoms with van der Waals surface area (Å²) in [5, 5.41) is 4.01. The van der Waals surface area contributed by atoms with Gasteiger partial charge in [0.15, 0.2) is 0 Å². The third-order valence-electron chi connectivity index (χ3n) is 2.86. The van der Waals surface area contributed by atoms with Crippen LogP contribution >= 0.6 is 23.4 Å². The van der Waals surface area contributed by atoms with Crippen molar-refractivity contribution in [2.24, 2.45) is 0 Å². The van der Waals surface area contributed by atoms with Gasteiger partial charge in [-0.2, -0.15) is 0 Å². The molecule has 1 nitrogen and oxygen atoms in total. The lowest BCUT2D eigenvalue weighted by Gasteiger charge is -2.11. The molecule has 1 atom stereocenters. The van der Waals surface area contributed by atoms with Gasteiger partial charge in [0, 0.05) is 20.9 Å². The molecule has 94 valence electrons. The molecule has 0 radical (unpaired) electrons. The second-order valence-electron chi connectivity index (χ2n) is 4.14. The standard InChI is InChI=1S/C15H16ClNS/c1-11(17-2)12-3-7-14(8-4-12)18-15-9-5-13(16)6-10-15/h3-11,17H,1-2H3. The van der Waals surface area contributed by atoms with E-state index in [1.807, 2.05) is 31.3 Å². The predicted octanol–water partition coefficient (Wildman–Crippen LogP) is 4.77. The Bertz CT molecular complexity index is 493. The number of rotatable bonds is 4. The first-order valence-electron chi connectivity index (χ1n) is 5.89. The highest BCUT2D eigenvalue weighted by molar-refractivity contribution is 7.99. The fourth-order valence-electron chi connectivity index (χ4n) is 1.63. The van der Waals surface area contributed by atoms with Gasteiger partial charge in [0.1, 0.15) is 0 Å². The van der Waals surface area contributed by atoms with Crippen LogP contribution in [0.15, 0.2) is 58.3 Å². The number of benzene rings is 2. The van der Waals surface area contributed by atoms with Crippen LogP contribution in [0.2, 0.25) is 5.02 Å². The van der Waals surface area contributed by atoms with Gasteiger partial charge in [0.05, 0.1) is 0 Å². The largest absolute Gasteiger partial charge is 0.313 e. The maximum absolute atomic E-state index is 5.87. The van der Waals surface area contributed by atoms with Crippen LogP contribution in [0.1, 0.15) is 18.5 Å². The highest BCUT2D eigenvalue weighted by Crippen LogP contribution is 2.29. The number of hydrogen-bond acceptors (Lipinski definition) is 2. The van der Waals surface area contributed by atoms with Crippen molar-refractivity contribution in [1.82, 2.24) is 5.32 Å². The average molecular weight is 278 g/mol. The normalized spacial score (nSPS) is 12.4. The van der Waals surface area contributed by atoms with E-state index >= 15 is 0 Å². The van der Waals surface area contributed by atoms with Gasteiger partial charge in [-0.1, -0.05) is 35.5 Å². The van der Waals surface area contributed by atoms with E-state index in [0.717, 1.165) is 5.02 Å². The Morgan fingerprint density at radius 3 is 1.94 bits per heavy atom. The molecule has 0 aliphatic rings. The molecule has 0 saturated heterocycles. The van der Waals surface area contributed by atoms with Gasteiger partial charge < -0.3 is 5.32 Å². The van der Waals surface area contributed by atoms with Gasteiger partial charge in [0.2, 0.25) is 0 Å². The quantitative estimate of drug-likeness (QED) is 0.864. The van der Waals surface area contributed by atoms with Crippen LogP contribution in [0, 0.1) is 0 Å². The summed E-state index contributed by atoms with van der Waals surface area (Å²) in [6.45, 7) is 2.15. The Morgan fingerprint density at radius 1 is 0.944 bits per heavy atom. The molecular weight excluding hydrogens is 262 g/mol. The summed E-state index contributed by atoms with van der Waals surface area (Å²) in [5.41, 5.74) is 1.30. The van der Waals surface area contributed by atoms with E-state index in [4.69, 9.17) is 11.6 Å². The molecule has 1 unspecified atom stereocenters. The van der Waals surface area contributed by atoms with Crippen molar-refractivity contribution in [3.63, 3.8) is 0 Å². The molecule has 0 amide bonds. The van der Waals surface area contributed by atoms with E-state index in [1.54, 1.807) is 11.8 Å². The van der Waals surface area contributed by atoms with Gasteiger partial charge in [-0.3, -0.25) is 0 Å². The molecule has 2 rings (SSSR count). The van der Waals surface area contributed by atoms with Gasteiger partial charge in [-0.05, 0) is 55.9 Å². The molecule has 3 heteroatoms. The van der Waals surface area contributed by atoms with Gasteiger partial charge >= 0.3 is 0 Å². The van der Waals surface area contributed by atoms with Crippen LogP contribution in [0.25, 0.3) is 0 Å². The van der Waals surface area contributed by atoms with Crippen molar-refractivity contribution >= 4 is 23.4 Å². The fraction of sp³-hybridized carbons (Fsp3) is 0.200. The van der Waals surface area contributed by atoms with Crippen molar-refractivity contribution in [3.05, 3.63) is 59.1 Å². The first-order chi connectivity index (χ1) is 8.69. The van der Waals surface area contributed by atoms with Crippen molar-refractivity contribution < 1.29 is 0 Å². The van der Waals surface area contributed by atoms with Crippen LogP contribution in [0.4, 0.5) is 0 Å². The maximum Gasteiger partial charge on any atom is 0.0406 e. The summed E-state index contributed by atoms with van der Waals surface area (Å²) in [4.78, 5) is 2.44. The average Bonchev–Trinajstić information content (AvgIpc) is 2.41. The summed E-state index contributed by atoms with van der Waals surface area (Å²) in [6.07, 6.45) is 0. The van der Waals surface area contributed by atoms with E-state index in [9.17, 15) is 0 Å². The fourth-order valence-corrected chi connectivity index (χ4v) is 2.57. The zero-order chi connectivity index (χ0) is 13.0. The Hall–Kier alpha value is -0.960. The first kappa shape index (κ1) is 13.5. The Morgan fingerprint density at radius 2 is 1.44 bits per heavy atom. The topological polar surface area (TPSA) is 12.0 Å². The molecule has 0 fully saturated rings. The Balaban J connectivity index is 2.08. The molecule has 2 aromatic rings. The molecular formula is C15H16ClNS. The van der Waals surface area contributed by atoms with Gasteiger partial charge in [-0.15, -0.1) is 0 Å². The third kappa shape index (κ3) is 3.52. The van der Waals surface area contributed by atoms with Crippen molar-refractivity contribution in [2.75, 3.05) is 7.05 Å². The second kappa shape index (κ2) is 6.28. The summed E-state index contributed by atoms with van der Waals surface area (Å²) in [6, 6.07) is 16.9. The second-order valence-corrected chi connectivity index (χ2v) is 5.72. The SMILES string of the molecule is CNC(C)c1ccc(Sc2ccc(Cl)cc2)cc1. The van der Waals surface area contributed by atoms with E-state index in [1.165, 1.54) is 15.4 Å². The molecule has 0 aromatic heterocycles. The van der Waals surface area contributed by atoms with E-state index in [0.29, 0.717) is 6.04 Å². The third-order valence-corrected chi connectivity index (χ3v) is 4.13. The summed E-state index contributed by atoms with van der Waals surface area (Å²) in [5.74, 6) is 0. The van der Waals surface area contributed by atoms with E-state index in [2.05, 4.69) is 36.5 Å². The van der Waals surface area contributed by atoms with Crippen LogP contribution in [0.5, 0.6) is 0 Å². The zero-order valence-electron chi connectivity index (χ0n) is 10.5. The smallest absolute Gasteiger partial charge is 0.0406 e. The lowest BCUT2D eigenvalue weighted by molar-refractivity contribution is 0.652. The molecule has 0 aliphatic carbocycles. The molecule has 2 aromatic carbocycles. The minimum absolute atomic E-state index is 0.389. The minimum Gasteiger partial charge on any atom is -0.313 e. The lowest BCUT2D eigenvalue weighted by Crippen LogP contribution is -2.11. The monoisotopic (exact) mass is 277 g/mol. The molecule has 0 heterocycles. The summed E-state index contributed by atoms with van der Waals surface area (Å²) >= 11 is 7.62. The number of nitrogens with one attached hydrogen (secondary N) is 1. The highest BCUT2D eigenvalue weighted by Gasteiger charge is 2.02. The number of halogens is 1. The van der Waals surface area contributed by atoms with Crippen LogP contribution < -0.4 is 5.32 Å². The maximum atomic E-state index is 5.87. The molecule has 0 bridgehead atoms. The highest BCUT2D eigenvalue weighted by atomic mass is 35.5. The molecule has 0 saturated carbocycles. The van der Waals surface area contributed by atoms with E-state index < -0.39 is 0 Å². The van der Waals surface area contributed by atoms with Gasteiger partial charge in [-0.25, -0.2) is 0 Å². The van der Waals surface area contributed by atoms with Crippen molar-refractivity contribution in [1.29, 1.82) is 0 Å². The Labute approximate surface area is 118 Å². The van der Waals surface area contributed by atoms with E-state index in [-0.39, 0.29) is 0 Å². The van der Waals surface area contributed by atoms with Crippen molar-refractivity contribution in [2.45, 2.75) is 22.8 Å². The minimum atomic E-state index is 0.389. The van der Waals surface area contributed by atoms with Crippen LogP contribution in [-0.2, 0) is 0 Å². The summed E-state index contributed by atoms with van der Waals surface area (Å²) in [7, 11) is 1.97. The van der Waals surface area contributed by atoms with Crippen LogP contribution in [0.3, 0.4) is 0 Å². The zero-order valence-corrected chi connectivity index (χ0v) is 12.1.